The minimum Gasteiger partial charge on any atom is -0.349 e. The van der Waals surface area contributed by atoms with E-state index in [1.54, 1.807) is 12.1 Å². The van der Waals surface area contributed by atoms with Crippen LogP contribution in [0.5, 0.6) is 0 Å². The summed E-state index contributed by atoms with van der Waals surface area (Å²) >= 11 is 5.94. The molecule has 1 aliphatic rings. The molecule has 0 radical (unpaired) electrons. The van der Waals surface area contributed by atoms with Gasteiger partial charge in [-0.1, -0.05) is 35.9 Å². The molecule has 1 aliphatic heterocycles. The van der Waals surface area contributed by atoms with Gasteiger partial charge in [-0.25, -0.2) is 4.39 Å². The van der Waals surface area contributed by atoms with Crippen LogP contribution in [0.3, 0.4) is 0 Å². The lowest BCUT2D eigenvalue weighted by Gasteiger charge is -2.22. The van der Waals surface area contributed by atoms with Gasteiger partial charge < -0.3 is 10.6 Å². The fourth-order valence-corrected chi connectivity index (χ4v) is 3.30. The molecule has 0 bridgehead atoms. The Morgan fingerprint density at radius 2 is 1.83 bits per heavy atom. The van der Waals surface area contributed by atoms with Crippen molar-refractivity contribution in [1.29, 1.82) is 0 Å². The third kappa shape index (κ3) is 3.77. The Bertz CT molecular complexity index is 702. The van der Waals surface area contributed by atoms with E-state index in [0.29, 0.717) is 11.6 Å². The Balaban J connectivity index is 1.69. The molecule has 1 saturated heterocycles. The number of hydrogen-bond donors (Lipinski definition) is 2. The number of carbonyl (C=O) groups is 1. The zero-order chi connectivity index (χ0) is 17.1. The lowest BCUT2D eigenvalue weighted by atomic mass is 9.88. The van der Waals surface area contributed by atoms with E-state index in [-0.39, 0.29) is 29.6 Å². The number of rotatable bonds is 4. The van der Waals surface area contributed by atoms with E-state index in [1.807, 2.05) is 31.2 Å². The van der Waals surface area contributed by atoms with E-state index in [4.69, 9.17) is 11.6 Å². The summed E-state index contributed by atoms with van der Waals surface area (Å²) in [5.74, 6) is -0.270. The summed E-state index contributed by atoms with van der Waals surface area (Å²) in [6.07, 6.45) is 0. The molecule has 0 saturated carbocycles. The van der Waals surface area contributed by atoms with Crippen LogP contribution in [-0.2, 0) is 4.79 Å². The van der Waals surface area contributed by atoms with Gasteiger partial charge in [0, 0.05) is 24.0 Å². The Hall–Kier alpha value is -1.91. The van der Waals surface area contributed by atoms with Crippen LogP contribution < -0.4 is 10.6 Å². The maximum atomic E-state index is 13.0. The van der Waals surface area contributed by atoms with Gasteiger partial charge in [0.1, 0.15) is 5.82 Å². The lowest BCUT2D eigenvalue weighted by molar-refractivity contribution is -0.125. The minimum atomic E-state index is -0.278. The Morgan fingerprint density at radius 1 is 1.17 bits per heavy atom. The second kappa shape index (κ2) is 7.32. The average Bonchev–Trinajstić information content (AvgIpc) is 3.06. The van der Waals surface area contributed by atoms with Crippen LogP contribution >= 0.6 is 11.6 Å². The fraction of sp³-hybridized carbons (Fsp3) is 0.316. The predicted molar refractivity (Wildman–Crippen MR) is 93.5 cm³/mol. The molecule has 24 heavy (non-hydrogen) atoms. The second-order valence-electron chi connectivity index (χ2n) is 6.20. The lowest BCUT2D eigenvalue weighted by Crippen LogP contribution is -2.36. The van der Waals surface area contributed by atoms with Gasteiger partial charge in [0.15, 0.2) is 0 Å². The molecule has 3 atom stereocenters. The first kappa shape index (κ1) is 16.9. The van der Waals surface area contributed by atoms with Crippen LogP contribution in [0.1, 0.15) is 30.0 Å². The third-order valence-electron chi connectivity index (χ3n) is 4.58. The third-order valence-corrected chi connectivity index (χ3v) is 4.83. The number of halogens is 2. The van der Waals surface area contributed by atoms with E-state index in [9.17, 15) is 9.18 Å². The molecule has 1 amide bonds. The van der Waals surface area contributed by atoms with Crippen LogP contribution in [0.25, 0.3) is 0 Å². The van der Waals surface area contributed by atoms with Gasteiger partial charge in [0.25, 0.3) is 0 Å². The van der Waals surface area contributed by atoms with Gasteiger partial charge in [-0.05, 0) is 42.3 Å². The summed E-state index contributed by atoms with van der Waals surface area (Å²) in [5, 5.41) is 7.03. The van der Waals surface area contributed by atoms with E-state index >= 15 is 0 Å². The van der Waals surface area contributed by atoms with Gasteiger partial charge in [-0.3, -0.25) is 4.79 Å². The average molecular weight is 347 g/mol. The summed E-state index contributed by atoms with van der Waals surface area (Å²) in [5.41, 5.74) is 2.00. The highest BCUT2D eigenvalue weighted by atomic mass is 35.5. The van der Waals surface area contributed by atoms with Crippen LogP contribution in [-0.4, -0.2) is 19.0 Å². The van der Waals surface area contributed by atoms with Gasteiger partial charge >= 0.3 is 0 Å². The van der Waals surface area contributed by atoms with Crippen molar-refractivity contribution in [2.45, 2.75) is 18.9 Å². The zero-order valence-corrected chi connectivity index (χ0v) is 14.2. The maximum absolute atomic E-state index is 13.0. The maximum Gasteiger partial charge on any atom is 0.225 e. The fourth-order valence-electron chi connectivity index (χ4n) is 3.17. The van der Waals surface area contributed by atoms with Crippen molar-refractivity contribution in [2.24, 2.45) is 5.92 Å². The van der Waals surface area contributed by atoms with Crippen molar-refractivity contribution in [2.75, 3.05) is 13.1 Å². The number of hydrogen-bond acceptors (Lipinski definition) is 2. The molecular weight excluding hydrogens is 327 g/mol. The van der Waals surface area contributed by atoms with Gasteiger partial charge in [-0.2, -0.15) is 0 Å². The molecule has 1 heterocycles. The molecule has 1 fully saturated rings. The van der Waals surface area contributed by atoms with Crippen LogP contribution in [0.4, 0.5) is 4.39 Å². The first-order valence-corrected chi connectivity index (χ1v) is 8.44. The number of nitrogens with one attached hydrogen (secondary N) is 2. The molecule has 5 heteroatoms. The summed E-state index contributed by atoms with van der Waals surface area (Å²) in [4.78, 5) is 12.7. The Kier molecular flexibility index (Phi) is 5.17. The van der Waals surface area contributed by atoms with Crippen LogP contribution in [0.15, 0.2) is 48.5 Å². The first-order valence-electron chi connectivity index (χ1n) is 8.06. The molecule has 0 unspecified atom stereocenters. The van der Waals surface area contributed by atoms with Crippen molar-refractivity contribution >= 4 is 17.5 Å². The highest BCUT2D eigenvalue weighted by molar-refractivity contribution is 6.30. The smallest absolute Gasteiger partial charge is 0.225 e. The number of benzene rings is 2. The molecule has 0 aromatic heterocycles. The standard InChI is InChI=1S/C19H20ClFN2O/c1-12(13-4-8-16(21)9-5-13)23-19(24)18-11-22-10-17(18)14-2-6-15(20)7-3-14/h2-9,12,17-18,22H,10-11H2,1H3,(H,23,24)/t12-,17+,18-/m0/s1. The largest absolute Gasteiger partial charge is 0.349 e. The zero-order valence-electron chi connectivity index (χ0n) is 13.4. The van der Waals surface area contributed by atoms with Gasteiger partial charge in [0.05, 0.1) is 12.0 Å². The van der Waals surface area contributed by atoms with E-state index in [0.717, 1.165) is 17.7 Å². The normalized spacial score (nSPS) is 21.5. The van der Waals surface area contributed by atoms with Crippen molar-refractivity contribution in [1.82, 2.24) is 10.6 Å². The molecule has 126 valence electrons. The van der Waals surface area contributed by atoms with Crippen molar-refractivity contribution in [3.8, 4) is 0 Å². The Morgan fingerprint density at radius 3 is 2.50 bits per heavy atom. The Labute approximate surface area is 146 Å². The van der Waals surface area contributed by atoms with E-state index in [1.165, 1.54) is 12.1 Å². The highest BCUT2D eigenvalue weighted by Crippen LogP contribution is 2.29. The van der Waals surface area contributed by atoms with Crippen molar-refractivity contribution in [3.05, 3.63) is 70.5 Å². The summed E-state index contributed by atoms with van der Waals surface area (Å²) in [7, 11) is 0. The summed E-state index contributed by atoms with van der Waals surface area (Å²) in [6.45, 7) is 3.32. The SMILES string of the molecule is C[C@H](NC(=O)[C@H]1CNC[C@@H]1c1ccc(Cl)cc1)c1ccc(F)cc1. The number of amides is 1. The molecule has 3 rings (SSSR count). The molecule has 2 aromatic rings. The molecule has 0 spiro atoms. The highest BCUT2D eigenvalue weighted by Gasteiger charge is 2.34. The number of carbonyl (C=O) groups excluding carboxylic acids is 1. The molecule has 2 N–H and O–H groups in total. The second-order valence-corrected chi connectivity index (χ2v) is 6.64. The molecule has 0 aliphatic carbocycles. The molecular formula is C19H20ClFN2O. The minimum absolute atomic E-state index is 0.0109. The summed E-state index contributed by atoms with van der Waals surface area (Å²) < 4.78 is 13.0. The van der Waals surface area contributed by atoms with E-state index in [2.05, 4.69) is 10.6 Å². The quantitative estimate of drug-likeness (QED) is 0.887. The molecule has 3 nitrogen and oxygen atoms in total. The van der Waals surface area contributed by atoms with Crippen molar-refractivity contribution in [3.63, 3.8) is 0 Å². The van der Waals surface area contributed by atoms with Gasteiger partial charge in [0.2, 0.25) is 5.91 Å². The molecule has 2 aromatic carbocycles. The van der Waals surface area contributed by atoms with Crippen LogP contribution in [0, 0.1) is 11.7 Å². The van der Waals surface area contributed by atoms with E-state index < -0.39 is 0 Å². The topological polar surface area (TPSA) is 41.1 Å². The van der Waals surface area contributed by atoms with Crippen LogP contribution in [0.2, 0.25) is 5.02 Å². The predicted octanol–water partition coefficient (Wildman–Crippen LogP) is 3.66. The monoisotopic (exact) mass is 346 g/mol. The first-order chi connectivity index (χ1) is 11.5. The van der Waals surface area contributed by atoms with Crippen molar-refractivity contribution < 1.29 is 9.18 Å². The summed E-state index contributed by atoms with van der Waals surface area (Å²) in [6, 6.07) is 13.7. The van der Waals surface area contributed by atoms with Gasteiger partial charge in [-0.15, -0.1) is 0 Å².